The molecule has 1 aromatic rings. The summed E-state index contributed by atoms with van der Waals surface area (Å²) in [5.74, 6) is 0.635. The zero-order valence-corrected chi connectivity index (χ0v) is 19.4. The summed E-state index contributed by atoms with van der Waals surface area (Å²) in [6.45, 7) is 7.50. The van der Waals surface area contributed by atoms with E-state index in [1.807, 2.05) is 6.92 Å². The third kappa shape index (κ3) is 6.09. The van der Waals surface area contributed by atoms with Crippen LogP contribution < -0.4 is 14.8 Å². The molecule has 1 aliphatic heterocycles. The van der Waals surface area contributed by atoms with Gasteiger partial charge in [-0.2, -0.15) is 4.31 Å². The fourth-order valence-corrected chi connectivity index (χ4v) is 4.85. The number of nitrogens with one attached hydrogen (secondary N) is 1. The van der Waals surface area contributed by atoms with Gasteiger partial charge in [-0.25, -0.2) is 8.42 Å². The third-order valence-corrected chi connectivity index (χ3v) is 6.98. The summed E-state index contributed by atoms with van der Waals surface area (Å²) in [5, 5.41) is 2.95. The molecule has 30 heavy (non-hydrogen) atoms. The number of ether oxygens (including phenoxy) is 3. The van der Waals surface area contributed by atoms with Gasteiger partial charge in [-0.15, -0.1) is 0 Å². The van der Waals surface area contributed by atoms with Crippen LogP contribution in [0.2, 0.25) is 0 Å². The summed E-state index contributed by atoms with van der Waals surface area (Å²) in [5.41, 5.74) is 0.138. The lowest BCUT2D eigenvalue weighted by molar-refractivity contribution is 0.0730. The van der Waals surface area contributed by atoms with Crippen LogP contribution in [0.4, 0.5) is 0 Å². The SMILES string of the molecule is COc1cc(S(=O)(=O)N2CCOCC2)cc(C(=O)NC(C)CCCC(C)C)c1OC. The quantitative estimate of drug-likeness (QED) is 0.599. The maximum Gasteiger partial charge on any atom is 0.255 e. The Labute approximate surface area is 179 Å². The number of methoxy groups -OCH3 is 2. The van der Waals surface area contributed by atoms with Crippen molar-refractivity contribution in [1.82, 2.24) is 9.62 Å². The molecule has 2 rings (SSSR count). The van der Waals surface area contributed by atoms with E-state index in [-0.39, 0.29) is 47.0 Å². The number of sulfonamides is 1. The second kappa shape index (κ2) is 11.0. The number of morpholine rings is 1. The molecule has 0 bridgehead atoms. The first kappa shape index (κ1) is 24.4. The van der Waals surface area contributed by atoms with E-state index in [4.69, 9.17) is 14.2 Å². The Kier molecular flexibility index (Phi) is 8.93. The molecule has 0 radical (unpaired) electrons. The summed E-state index contributed by atoms with van der Waals surface area (Å²) < 4.78 is 43.5. The van der Waals surface area contributed by atoms with Gasteiger partial charge in [0.05, 0.1) is 37.9 Å². The van der Waals surface area contributed by atoms with Crippen LogP contribution in [0.1, 0.15) is 50.4 Å². The Balaban J connectivity index is 2.31. The van der Waals surface area contributed by atoms with Crippen LogP contribution in [-0.2, 0) is 14.8 Å². The molecule has 1 N–H and O–H groups in total. The molecule has 1 fully saturated rings. The highest BCUT2D eigenvalue weighted by molar-refractivity contribution is 7.89. The molecule has 0 aliphatic carbocycles. The molecule has 1 heterocycles. The molecular formula is C21H34N2O6S. The Morgan fingerprint density at radius 1 is 1.13 bits per heavy atom. The zero-order chi connectivity index (χ0) is 22.3. The van der Waals surface area contributed by atoms with Gasteiger partial charge in [0, 0.05) is 25.2 Å². The number of carbonyl (C=O) groups is 1. The van der Waals surface area contributed by atoms with Crippen molar-refractivity contribution in [3.05, 3.63) is 17.7 Å². The minimum Gasteiger partial charge on any atom is -0.493 e. The van der Waals surface area contributed by atoms with E-state index in [1.165, 1.54) is 30.7 Å². The van der Waals surface area contributed by atoms with Crippen molar-refractivity contribution in [2.75, 3.05) is 40.5 Å². The van der Waals surface area contributed by atoms with Crippen molar-refractivity contribution < 1.29 is 27.4 Å². The molecular weight excluding hydrogens is 408 g/mol. The second-order valence-electron chi connectivity index (χ2n) is 7.92. The Bertz CT molecular complexity index is 819. The molecule has 170 valence electrons. The Hall–Kier alpha value is -1.84. The Morgan fingerprint density at radius 2 is 1.80 bits per heavy atom. The summed E-state index contributed by atoms with van der Waals surface area (Å²) in [6.07, 6.45) is 2.94. The molecule has 1 unspecified atom stereocenters. The summed E-state index contributed by atoms with van der Waals surface area (Å²) in [7, 11) is -0.947. The maximum absolute atomic E-state index is 13.1. The molecule has 0 saturated carbocycles. The predicted molar refractivity (Wildman–Crippen MR) is 115 cm³/mol. The summed E-state index contributed by atoms with van der Waals surface area (Å²) in [4.78, 5) is 13.0. The van der Waals surface area contributed by atoms with E-state index >= 15 is 0 Å². The van der Waals surface area contributed by atoms with Crippen LogP contribution in [0.3, 0.4) is 0 Å². The van der Waals surface area contributed by atoms with Crippen molar-refractivity contribution in [2.24, 2.45) is 5.92 Å². The fourth-order valence-electron chi connectivity index (χ4n) is 3.40. The van der Waals surface area contributed by atoms with Gasteiger partial charge < -0.3 is 19.5 Å². The molecule has 1 aliphatic rings. The number of nitrogens with zero attached hydrogens (tertiary/aromatic N) is 1. The normalized spacial score (nSPS) is 16.3. The van der Waals surface area contributed by atoms with Gasteiger partial charge in [-0.3, -0.25) is 4.79 Å². The van der Waals surface area contributed by atoms with Crippen LogP contribution in [-0.4, -0.2) is 65.2 Å². The lowest BCUT2D eigenvalue weighted by Gasteiger charge is -2.26. The number of hydrogen-bond acceptors (Lipinski definition) is 6. The van der Waals surface area contributed by atoms with E-state index in [0.29, 0.717) is 19.1 Å². The third-order valence-electron chi connectivity index (χ3n) is 5.10. The topological polar surface area (TPSA) is 94.2 Å². The van der Waals surface area contributed by atoms with Gasteiger partial charge >= 0.3 is 0 Å². The summed E-state index contributed by atoms with van der Waals surface area (Å²) >= 11 is 0. The van der Waals surface area contributed by atoms with E-state index in [2.05, 4.69) is 19.2 Å². The monoisotopic (exact) mass is 442 g/mol. The fraction of sp³-hybridized carbons (Fsp3) is 0.667. The first-order valence-electron chi connectivity index (χ1n) is 10.4. The van der Waals surface area contributed by atoms with Crippen LogP contribution in [0.15, 0.2) is 17.0 Å². The molecule has 1 saturated heterocycles. The van der Waals surface area contributed by atoms with Gasteiger partial charge in [0.25, 0.3) is 5.91 Å². The first-order chi connectivity index (χ1) is 14.2. The first-order valence-corrected chi connectivity index (χ1v) is 11.8. The highest BCUT2D eigenvalue weighted by atomic mass is 32.2. The number of amides is 1. The van der Waals surface area contributed by atoms with Gasteiger partial charge in [-0.05, 0) is 25.3 Å². The molecule has 1 atom stereocenters. The number of rotatable bonds is 10. The van der Waals surface area contributed by atoms with E-state index in [9.17, 15) is 13.2 Å². The highest BCUT2D eigenvalue weighted by Crippen LogP contribution is 2.35. The van der Waals surface area contributed by atoms with Gasteiger partial charge in [0.2, 0.25) is 10.0 Å². The molecule has 0 aromatic heterocycles. The average molecular weight is 443 g/mol. The van der Waals surface area contributed by atoms with E-state index < -0.39 is 10.0 Å². The van der Waals surface area contributed by atoms with Gasteiger partial charge in [-0.1, -0.05) is 26.7 Å². The van der Waals surface area contributed by atoms with Crippen molar-refractivity contribution in [1.29, 1.82) is 0 Å². The van der Waals surface area contributed by atoms with Crippen LogP contribution >= 0.6 is 0 Å². The highest BCUT2D eigenvalue weighted by Gasteiger charge is 2.30. The van der Waals surface area contributed by atoms with Gasteiger partial charge in [0.15, 0.2) is 11.5 Å². The molecule has 1 aromatic carbocycles. The largest absolute Gasteiger partial charge is 0.493 e. The average Bonchev–Trinajstić information content (AvgIpc) is 2.72. The van der Waals surface area contributed by atoms with Crippen molar-refractivity contribution in [3.63, 3.8) is 0 Å². The molecule has 9 heteroatoms. The zero-order valence-electron chi connectivity index (χ0n) is 18.6. The second-order valence-corrected chi connectivity index (χ2v) is 9.86. The maximum atomic E-state index is 13.1. The van der Waals surface area contributed by atoms with Crippen LogP contribution in [0.5, 0.6) is 11.5 Å². The lowest BCUT2D eigenvalue weighted by Crippen LogP contribution is -2.40. The number of hydrogen-bond donors (Lipinski definition) is 1. The number of carbonyl (C=O) groups excluding carboxylic acids is 1. The van der Waals surface area contributed by atoms with Crippen molar-refractivity contribution >= 4 is 15.9 Å². The lowest BCUT2D eigenvalue weighted by atomic mass is 10.0. The van der Waals surface area contributed by atoms with E-state index in [0.717, 1.165) is 19.3 Å². The number of benzene rings is 1. The van der Waals surface area contributed by atoms with E-state index in [1.54, 1.807) is 0 Å². The molecule has 8 nitrogen and oxygen atoms in total. The standard InChI is InChI=1S/C21H34N2O6S/c1-15(2)7-6-8-16(3)22-21(24)18-13-17(14-19(27-4)20(18)28-5)30(25,26)23-9-11-29-12-10-23/h13-16H,6-12H2,1-5H3,(H,22,24). The van der Waals surface area contributed by atoms with Gasteiger partial charge in [0.1, 0.15) is 0 Å². The minimum atomic E-state index is -3.79. The van der Waals surface area contributed by atoms with Crippen molar-refractivity contribution in [2.45, 2.75) is 51.0 Å². The molecule has 0 spiro atoms. The smallest absolute Gasteiger partial charge is 0.255 e. The van der Waals surface area contributed by atoms with Crippen LogP contribution in [0.25, 0.3) is 0 Å². The van der Waals surface area contributed by atoms with Crippen LogP contribution in [0, 0.1) is 5.92 Å². The predicted octanol–water partition coefficient (Wildman–Crippen LogP) is 2.67. The Morgan fingerprint density at radius 3 is 2.37 bits per heavy atom. The van der Waals surface area contributed by atoms with Crippen molar-refractivity contribution in [3.8, 4) is 11.5 Å². The summed E-state index contributed by atoms with van der Waals surface area (Å²) in [6, 6.07) is 2.71. The minimum absolute atomic E-state index is 0.000314. The molecule has 1 amide bonds.